The molecule has 1 spiro atoms. The molecular formula is C20H19Cl2NOS2. The number of Topliss-reactive ketones (excluding diaryl/α,β-unsaturated/α-hetero) is 1. The van der Waals surface area contributed by atoms with Crippen LogP contribution in [-0.4, -0.2) is 25.1 Å². The average Bonchev–Trinajstić information content (AvgIpc) is 2.74. The summed E-state index contributed by atoms with van der Waals surface area (Å²) in [5, 5.41) is 4.39. The van der Waals surface area contributed by atoms with E-state index in [1.165, 1.54) is 4.90 Å². The Kier molecular flexibility index (Phi) is 5.08. The summed E-state index contributed by atoms with van der Waals surface area (Å²) >= 11 is 16.1. The molecule has 0 aliphatic carbocycles. The Labute approximate surface area is 172 Å². The molecule has 6 heteroatoms. The first kappa shape index (κ1) is 18.7. The first-order chi connectivity index (χ1) is 12.5. The van der Waals surface area contributed by atoms with Crippen LogP contribution in [0.1, 0.15) is 34.3 Å². The molecule has 0 amide bonds. The quantitative estimate of drug-likeness (QED) is 0.569. The van der Waals surface area contributed by atoms with Crippen molar-refractivity contribution >= 4 is 52.5 Å². The SMILES string of the molecule is CSc1ccc2c(c1)Sc1cc(Cl)c(Cl)c(C)c1C(=O)C21CCNCC1. The van der Waals surface area contributed by atoms with E-state index in [4.69, 9.17) is 23.2 Å². The molecular weight excluding hydrogens is 405 g/mol. The van der Waals surface area contributed by atoms with Crippen molar-refractivity contribution in [1.82, 2.24) is 5.32 Å². The highest BCUT2D eigenvalue weighted by Crippen LogP contribution is 2.51. The maximum Gasteiger partial charge on any atom is 0.174 e. The van der Waals surface area contributed by atoms with Crippen molar-refractivity contribution < 1.29 is 4.79 Å². The number of benzene rings is 2. The van der Waals surface area contributed by atoms with Crippen LogP contribution in [0.15, 0.2) is 39.0 Å². The second-order valence-corrected chi connectivity index (χ2v) is 9.54. The number of piperidine rings is 1. The first-order valence-electron chi connectivity index (χ1n) is 8.58. The van der Waals surface area contributed by atoms with Crippen LogP contribution in [0.25, 0.3) is 0 Å². The van der Waals surface area contributed by atoms with Gasteiger partial charge in [-0.3, -0.25) is 4.79 Å². The van der Waals surface area contributed by atoms with Crippen LogP contribution in [0.5, 0.6) is 0 Å². The van der Waals surface area contributed by atoms with Crippen molar-refractivity contribution in [3.05, 3.63) is 51.0 Å². The van der Waals surface area contributed by atoms with Gasteiger partial charge in [-0.1, -0.05) is 41.0 Å². The Morgan fingerprint density at radius 3 is 2.58 bits per heavy atom. The van der Waals surface area contributed by atoms with E-state index in [1.54, 1.807) is 23.5 Å². The van der Waals surface area contributed by atoms with Crippen LogP contribution in [-0.2, 0) is 5.41 Å². The molecule has 1 N–H and O–H groups in total. The van der Waals surface area contributed by atoms with E-state index in [0.29, 0.717) is 10.0 Å². The Morgan fingerprint density at radius 2 is 1.88 bits per heavy atom. The highest BCUT2D eigenvalue weighted by molar-refractivity contribution is 8.00. The summed E-state index contributed by atoms with van der Waals surface area (Å²) in [4.78, 5) is 17.1. The van der Waals surface area contributed by atoms with Crippen molar-refractivity contribution in [1.29, 1.82) is 0 Å². The molecule has 4 rings (SSSR count). The highest BCUT2D eigenvalue weighted by Gasteiger charge is 2.46. The maximum absolute atomic E-state index is 13.9. The molecule has 2 aliphatic heterocycles. The largest absolute Gasteiger partial charge is 0.317 e. The summed E-state index contributed by atoms with van der Waals surface area (Å²) < 4.78 is 0. The van der Waals surface area contributed by atoms with E-state index >= 15 is 0 Å². The second kappa shape index (κ2) is 7.06. The van der Waals surface area contributed by atoms with Gasteiger partial charge < -0.3 is 5.32 Å². The zero-order chi connectivity index (χ0) is 18.5. The van der Waals surface area contributed by atoms with Gasteiger partial charge in [-0.15, -0.1) is 11.8 Å². The van der Waals surface area contributed by atoms with Crippen LogP contribution in [0.2, 0.25) is 10.0 Å². The molecule has 2 heterocycles. The molecule has 26 heavy (non-hydrogen) atoms. The van der Waals surface area contributed by atoms with Crippen LogP contribution in [0.4, 0.5) is 0 Å². The monoisotopic (exact) mass is 423 g/mol. The van der Waals surface area contributed by atoms with Gasteiger partial charge in [0.05, 0.1) is 15.5 Å². The van der Waals surface area contributed by atoms with E-state index in [2.05, 4.69) is 29.8 Å². The third kappa shape index (κ3) is 2.82. The molecule has 0 radical (unpaired) electrons. The lowest BCUT2D eigenvalue weighted by molar-refractivity contribution is 0.0842. The number of carbonyl (C=O) groups excluding carboxylic acids is 1. The van der Waals surface area contributed by atoms with E-state index in [0.717, 1.165) is 52.4 Å². The lowest BCUT2D eigenvalue weighted by atomic mass is 9.68. The fourth-order valence-corrected chi connectivity index (χ4v) is 6.33. The smallest absolute Gasteiger partial charge is 0.174 e. The van der Waals surface area contributed by atoms with Crippen molar-refractivity contribution in [2.24, 2.45) is 0 Å². The van der Waals surface area contributed by atoms with Crippen LogP contribution >= 0.6 is 46.7 Å². The number of carbonyl (C=O) groups is 1. The zero-order valence-corrected chi connectivity index (χ0v) is 17.8. The Balaban J connectivity index is 2.02. The van der Waals surface area contributed by atoms with Crippen molar-refractivity contribution in [2.45, 2.75) is 39.9 Å². The fourth-order valence-electron chi connectivity index (χ4n) is 4.03. The van der Waals surface area contributed by atoms with Crippen LogP contribution in [0.3, 0.4) is 0 Å². The lowest BCUT2D eigenvalue weighted by Gasteiger charge is -2.37. The van der Waals surface area contributed by atoms with Gasteiger partial charge in [-0.05, 0) is 68.4 Å². The van der Waals surface area contributed by atoms with E-state index in [1.807, 2.05) is 13.0 Å². The fraction of sp³-hybridized carbons (Fsp3) is 0.350. The maximum atomic E-state index is 13.9. The minimum Gasteiger partial charge on any atom is -0.317 e. The minimum atomic E-state index is -0.488. The number of hydrogen-bond donors (Lipinski definition) is 1. The van der Waals surface area contributed by atoms with Crippen molar-refractivity contribution in [2.75, 3.05) is 19.3 Å². The lowest BCUT2D eigenvalue weighted by Crippen LogP contribution is -2.45. The molecule has 1 fully saturated rings. The van der Waals surface area contributed by atoms with Crippen LogP contribution in [0, 0.1) is 6.92 Å². The number of rotatable bonds is 1. The molecule has 0 bridgehead atoms. The summed E-state index contributed by atoms with van der Waals surface area (Å²) in [5.41, 5.74) is 2.20. The summed E-state index contributed by atoms with van der Waals surface area (Å²) in [6.07, 6.45) is 3.68. The van der Waals surface area contributed by atoms with Gasteiger partial charge in [0.25, 0.3) is 0 Å². The molecule has 2 nitrogen and oxygen atoms in total. The number of thioether (sulfide) groups is 1. The topological polar surface area (TPSA) is 29.1 Å². The summed E-state index contributed by atoms with van der Waals surface area (Å²) in [6, 6.07) is 8.34. The van der Waals surface area contributed by atoms with Crippen molar-refractivity contribution in [3.8, 4) is 0 Å². The van der Waals surface area contributed by atoms with E-state index in [9.17, 15) is 4.79 Å². The molecule has 1 saturated heterocycles. The number of fused-ring (bicyclic) bond motifs is 3. The van der Waals surface area contributed by atoms with Crippen molar-refractivity contribution in [3.63, 3.8) is 0 Å². The molecule has 0 aromatic heterocycles. The molecule has 2 aromatic rings. The van der Waals surface area contributed by atoms with Gasteiger partial charge in [0.15, 0.2) is 5.78 Å². The Bertz CT molecular complexity index is 907. The van der Waals surface area contributed by atoms with Gasteiger partial charge in [-0.25, -0.2) is 0 Å². The van der Waals surface area contributed by atoms with Gasteiger partial charge in [-0.2, -0.15) is 0 Å². The summed E-state index contributed by atoms with van der Waals surface area (Å²) in [7, 11) is 0. The molecule has 0 unspecified atom stereocenters. The highest BCUT2D eigenvalue weighted by atomic mass is 35.5. The van der Waals surface area contributed by atoms with Gasteiger partial charge >= 0.3 is 0 Å². The van der Waals surface area contributed by atoms with Gasteiger partial charge in [0, 0.05) is 20.2 Å². The molecule has 2 aliphatic rings. The average molecular weight is 424 g/mol. The summed E-state index contributed by atoms with van der Waals surface area (Å²) in [5.74, 6) is 0.188. The van der Waals surface area contributed by atoms with Gasteiger partial charge in [0.2, 0.25) is 0 Å². The first-order valence-corrected chi connectivity index (χ1v) is 11.4. The minimum absolute atomic E-state index is 0.188. The van der Waals surface area contributed by atoms with E-state index < -0.39 is 5.41 Å². The molecule has 0 atom stereocenters. The third-order valence-corrected chi connectivity index (χ3v) is 8.17. The molecule has 136 valence electrons. The number of halogens is 2. The predicted molar refractivity (Wildman–Crippen MR) is 112 cm³/mol. The second-order valence-electron chi connectivity index (χ2n) is 6.80. The number of ketones is 1. The van der Waals surface area contributed by atoms with E-state index in [-0.39, 0.29) is 5.78 Å². The Morgan fingerprint density at radius 1 is 1.15 bits per heavy atom. The zero-order valence-electron chi connectivity index (χ0n) is 14.6. The molecule has 2 aromatic carbocycles. The third-order valence-electron chi connectivity index (χ3n) is 5.46. The van der Waals surface area contributed by atoms with Gasteiger partial charge in [0.1, 0.15) is 0 Å². The predicted octanol–water partition coefficient (Wildman–Crippen LogP) is 5.99. The normalized spacial score (nSPS) is 18.4. The summed E-state index contributed by atoms with van der Waals surface area (Å²) in [6.45, 7) is 3.59. The molecule has 0 saturated carbocycles. The number of nitrogens with one attached hydrogen (secondary N) is 1. The number of hydrogen-bond acceptors (Lipinski definition) is 4. The standard InChI is InChI=1S/C20H19Cl2NOS2/c1-11-17-16(10-14(21)18(11)22)26-15-9-12(25-2)3-4-13(15)20(19(17)24)5-7-23-8-6-20/h3-4,9-10,23H,5-8H2,1-2H3. The Hall–Kier alpha value is -0.650. The van der Waals surface area contributed by atoms with Crippen LogP contribution < -0.4 is 5.32 Å².